The second-order valence-electron chi connectivity index (χ2n) is 7.02. The van der Waals surface area contributed by atoms with Gasteiger partial charge in [0, 0.05) is 11.4 Å². The first-order valence-electron chi connectivity index (χ1n) is 9.08. The molecule has 0 spiro atoms. The van der Waals surface area contributed by atoms with Gasteiger partial charge in [-0.15, -0.1) is 11.3 Å². The van der Waals surface area contributed by atoms with Gasteiger partial charge in [-0.05, 0) is 43.0 Å². The molecule has 1 aromatic carbocycles. The number of amides is 1. The lowest BCUT2D eigenvalue weighted by atomic mass is 9.86. The van der Waals surface area contributed by atoms with Gasteiger partial charge in [-0.2, -0.15) is 0 Å². The lowest BCUT2D eigenvalue weighted by Crippen LogP contribution is -2.41. The van der Waals surface area contributed by atoms with Crippen LogP contribution >= 0.6 is 22.9 Å². The van der Waals surface area contributed by atoms with Crippen LogP contribution in [0.3, 0.4) is 0 Å². The summed E-state index contributed by atoms with van der Waals surface area (Å²) in [5, 5.41) is 4.16. The first kappa shape index (κ1) is 17.5. The third-order valence-electron chi connectivity index (χ3n) is 5.21. The van der Waals surface area contributed by atoms with Crippen LogP contribution in [0.25, 0.3) is 21.5 Å². The molecular formula is C21H21ClN2OS. The number of hydrogen-bond donors (Lipinski definition) is 1. The molecule has 2 atom stereocenters. The fourth-order valence-corrected chi connectivity index (χ4v) is 4.72. The number of rotatable bonds is 3. The second-order valence-corrected chi connectivity index (χ2v) is 8.73. The van der Waals surface area contributed by atoms with Crippen molar-refractivity contribution in [2.75, 3.05) is 0 Å². The highest BCUT2D eigenvalue weighted by molar-refractivity contribution is 7.19. The normalized spacial score (nSPS) is 20.2. The number of benzene rings is 1. The van der Waals surface area contributed by atoms with Crippen molar-refractivity contribution in [1.82, 2.24) is 10.3 Å². The average Bonchev–Trinajstić information content (AvgIpc) is 3.09. The van der Waals surface area contributed by atoms with Gasteiger partial charge in [0.1, 0.15) is 0 Å². The van der Waals surface area contributed by atoms with Crippen LogP contribution in [0.15, 0.2) is 42.5 Å². The van der Waals surface area contributed by atoms with Crippen LogP contribution in [0.1, 0.15) is 43.0 Å². The minimum atomic E-state index is -0.00810. The van der Waals surface area contributed by atoms with Gasteiger partial charge in [0.2, 0.25) is 0 Å². The number of para-hydroxylation sites is 1. The Balaban J connectivity index is 1.73. The third kappa shape index (κ3) is 3.49. The minimum absolute atomic E-state index is 0.00810. The van der Waals surface area contributed by atoms with Gasteiger partial charge in [0.05, 0.1) is 26.0 Å². The summed E-state index contributed by atoms with van der Waals surface area (Å²) >= 11 is 7.56. The van der Waals surface area contributed by atoms with Crippen molar-refractivity contribution < 1.29 is 4.79 Å². The largest absolute Gasteiger partial charge is 0.349 e. The Morgan fingerprint density at radius 1 is 1.19 bits per heavy atom. The number of halogens is 1. The van der Waals surface area contributed by atoms with E-state index in [1.165, 1.54) is 30.6 Å². The van der Waals surface area contributed by atoms with E-state index in [9.17, 15) is 4.79 Å². The van der Waals surface area contributed by atoms with Gasteiger partial charge in [-0.25, -0.2) is 4.98 Å². The monoisotopic (exact) mass is 384 g/mol. The van der Waals surface area contributed by atoms with E-state index in [1.54, 1.807) is 0 Å². The van der Waals surface area contributed by atoms with Gasteiger partial charge in [-0.1, -0.05) is 49.6 Å². The first-order valence-corrected chi connectivity index (χ1v) is 10.3. The standard InChI is InChI=1S/C21H21ClN2OS/c1-13-6-2-4-8-16(13)24-21(25)15-12-18(19-10-11-20(22)26-19)23-17-9-5-3-7-14(15)17/h3,5,7,9-13,16H,2,4,6,8H2,1H3,(H,24,25). The van der Waals surface area contributed by atoms with E-state index in [2.05, 4.69) is 12.2 Å². The van der Waals surface area contributed by atoms with Crippen molar-refractivity contribution in [3.63, 3.8) is 0 Å². The molecule has 0 aliphatic heterocycles. The maximum Gasteiger partial charge on any atom is 0.252 e. The smallest absolute Gasteiger partial charge is 0.252 e. The number of thiophene rings is 1. The van der Waals surface area contributed by atoms with E-state index in [4.69, 9.17) is 16.6 Å². The molecule has 1 saturated carbocycles. The Morgan fingerprint density at radius 3 is 2.77 bits per heavy atom. The fraction of sp³-hybridized carbons (Fsp3) is 0.333. The molecule has 0 saturated heterocycles. The molecule has 0 radical (unpaired) electrons. The summed E-state index contributed by atoms with van der Waals surface area (Å²) in [5.74, 6) is 0.516. The van der Waals surface area contributed by atoms with E-state index < -0.39 is 0 Å². The summed E-state index contributed by atoms with van der Waals surface area (Å²) in [6, 6.07) is 13.8. The summed E-state index contributed by atoms with van der Waals surface area (Å²) < 4.78 is 0.719. The Hall–Kier alpha value is -1.91. The highest BCUT2D eigenvalue weighted by atomic mass is 35.5. The second kappa shape index (κ2) is 7.37. The molecule has 2 heterocycles. The SMILES string of the molecule is CC1CCCCC1NC(=O)c1cc(-c2ccc(Cl)s2)nc2ccccc12. The Morgan fingerprint density at radius 2 is 2.00 bits per heavy atom. The number of carbonyl (C=O) groups excluding carboxylic acids is 1. The summed E-state index contributed by atoms with van der Waals surface area (Å²) in [7, 11) is 0. The average molecular weight is 385 g/mol. The molecule has 2 unspecified atom stereocenters. The molecule has 3 nitrogen and oxygen atoms in total. The van der Waals surface area contributed by atoms with Crippen LogP contribution in [0.2, 0.25) is 4.34 Å². The van der Waals surface area contributed by atoms with Gasteiger partial charge < -0.3 is 5.32 Å². The number of fused-ring (bicyclic) bond motifs is 1. The van der Waals surface area contributed by atoms with E-state index in [-0.39, 0.29) is 11.9 Å². The highest BCUT2D eigenvalue weighted by Crippen LogP contribution is 2.32. The first-order chi connectivity index (χ1) is 12.6. The number of carbonyl (C=O) groups is 1. The topological polar surface area (TPSA) is 42.0 Å². The zero-order valence-electron chi connectivity index (χ0n) is 14.7. The van der Waals surface area contributed by atoms with Crippen molar-refractivity contribution in [2.45, 2.75) is 38.6 Å². The van der Waals surface area contributed by atoms with Crippen LogP contribution < -0.4 is 5.32 Å². The Bertz CT molecular complexity index is 952. The quantitative estimate of drug-likeness (QED) is 0.608. The zero-order valence-corrected chi connectivity index (χ0v) is 16.2. The van der Waals surface area contributed by atoms with Crippen LogP contribution in [0.4, 0.5) is 0 Å². The molecule has 2 aromatic heterocycles. The number of nitrogens with zero attached hydrogens (tertiary/aromatic N) is 1. The molecule has 3 aromatic rings. The molecule has 1 N–H and O–H groups in total. The highest BCUT2D eigenvalue weighted by Gasteiger charge is 2.24. The number of hydrogen-bond acceptors (Lipinski definition) is 3. The number of nitrogens with one attached hydrogen (secondary N) is 1. The molecule has 0 bridgehead atoms. The lowest BCUT2D eigenvalue weighted by molar-refractivity contribution is 0.0912. The summed E-state index contributed by atoms with van der Waals surface area (Å²) in [6.07, 6.45) is 4.69. The van der Waals surface area contributed by atoms with Gasteiger partial charge in [0.15, 0.2) is 0 Å². The Labute approximate surface area is 162 Å². The van der Waals surface area contributed by atoms with Crippen molar-refractivity contribution in [3.05, 3.63) is 52.4 Å². The predicted molar refractivity (Wildman–Crippen MR) is 109 cm³/mol. The van der Waals surface area contributed by atoms with Crippen LogP contribution in [0.5, 0.6) is 0 Å². The molecule has 1 aliphatic rings. The fourth-order valence-electron chi connectivity index (χ4n) is 3.72. The molecule has 5 heteroatoms. The van der Waals surface area contributed by atoms with Crippen LogP contribution in [0, 0.1) is 5.92 Å². The molecule has 1 fully saturated rings. The van der Waals surface area contributed by atoms with E-state index in [0.29, 0.717) is 11.5 Å². The summed E-state index contributed by atoms with van der Waals surface area (Å²) in [5.41, 5.74) is 2.31. The Kier molecular flexibility index (Phi) is 4.96. The third-order valence-corrected chi connectivity index (χ3v) is 6.47. The van der Waals surface area contributed by atoms with Crippen molar-refractivity contribution in [2.24, 2.45) is 5.92 Å². The van der Waals surface area contributed by atoms with E-state index >= 15 is 0 Å². The number of aromatic nitrogens is 1. The maximum absolute atomic E-state index is 13.1. The van der Waals surface area contributed by atoms with Gasteiger partial charge >= 0.3 is 0 Å². The lowest BCUT2D eigenvalue weighted by Gasteiger charge is -2.29. The molecular weight excluding hydrogens is 364 g/mol. The zero-order chi connectivity index (χ0) is 18.1. The van der Waals surface area contributed by atoms with Crippen LogP contribution in [-0.4, -0.2) is 16.9 Å². The minimum Gasteiger partial charge on any atom is -0.349 e. The number of pyridine rings is 1. The molecule has 1 amide bonds. The summed E-state index contributed by atoms with van der Waals surface area (Å²) in [4.78, 5) is 18.8. The van der Waals surface area contributed by atoms with Crippen molar-refractivity contribution in [1.29, 1.82) is 0 Å². The molecule has 26 heavy (non-hydrogen) atoms. The molecule has 134 valence electrons. The predicted octanol–water partition coefficient (Wildman–Crippen LogP) is 5.93. The summed E-state index contributed by atoms with van der Waals surface area (Å²) in [6.45, 7) is 2.23. The maximum atomic E-state index is 13.1. The van der Waals surface area contributed by atoms with Gasteiger partial charge in [-0.3, -0.25) is 4.79 Å². The van der Waals surface area contributed by atoms with Crippen LogP contribution in [-0.2, 0) is 0 Å². The van der Waals surface area contributed by atoms with Crippen molar-refractivity contribution in [3.8, 4) is 10.6 Å². The van der Waals surface area contributed by atoms with Gasteiger partial charge in [0.25, 0.3) is 5.91 Å². The molecule has 1 aliphatic carbocycles. The van der Waals surface area contributed by atoms with E-state index in [1.807, 2.05) is 42.5 Å². The van der Waals surface area contributed by atoms with Crippen molar-refractivity contribution >= 4 is 39.7 Å². The van der Waals surface area contributed by atoms with E-state index in [0.717, 1.165) is 32.2 Å². The molecule has 4 rings (SSSR count).